The molecule has 2 heterocycles. The lowest BCUT2D eigenvalue weighted by molar-refractivity contribution is -0.125. The predicted octanol–water partition coefficient (Wildman–Crippen LogP) is 0.361. The van der Waals surface area contributed by atoms with Crippen LogP contribution < -0.4 is 10.6 Å². The van der Waals surface area contributed by atoms with Crippen molar-refractivity contribution >= 4 is 5.91 Å². The standard InChI is InChI=1S/C13H23N3O/c1-3-6-15-13(17)10(2)16-8-11-5-4-7-14-12(11)9-16/h3,10-12,14H,1,4-9H2,2H3,(H,15,17)/t10?,11-,12+/m0/s1. The van der Waals surface area contributed by atoms with Crippen molar-refractivity contribution in [2.75, 3.05) is 26.2 Å². The highest BCUT2D eigenvalue weighted by atomic mass is 16.2. The molecule has 0 aromatic carbocycles. The van der Waals surface area contributed by atoms with E-state index in [-0.39, 0.29) is 11.9 Å². The number of carbonyl (C=O) groups excluding carboxylic acids is 1. The van der Waals surface area contributed by atoms with Gasteiger partial charge in [-0.1, -0.05) is 6.08 Å². The molecule has 2 aliphatic heterocycles. The second-order valence-corrected chi connectivity index (χ2v) is 5.13. The van der Waals surface area contributed by atoms with Gasteiger partial charge in [-0.25, -0.2) is 0 Å². The second kappa shape index (κ2) is 5.65. The van der Waals surface area contributed by atoms with Crippen LogP contribution in [-0.2, 0) is 4.79 Å². The Bertz CT molecular complexity index is 278. The normalized spacial score (nSPS) is 30.6. The molecule has 0 saturated carbocycles. The van der Waals surface area contributed by atoms with Crippen molar-refractivity contribution in [2.24, 2.45) is 5.92 Å². The number of amides is 1. The average molecular weight is 237 g/mol. The van der Waals surface area contributed by atoms with E-state index in [1.807, 2.05) is 6.92 Å². The first-order valence-electron chi connectivity index (χ1n) is 6.58. The highest BCUT2D eigenvalue weighted by Gasteiger charge is 2.37. The summed E-state index contributed by atoms with van der Waals surface area (Å²) in [6.45, 7) is 9.36. The summed E-state index contributed by atoms with van der Waals surface area (Å²) < 4.78 is 0. The number of hydrogen-bond acceptors (Lipinski definition) is 3. The van der Waals surface area contributed by atoms with Crippen LogP contribution in [0, 0.1) is 5.92 Å². The molecule has 4 nitrogen and oxygen atoms in total. The Morgan fingerprint density at radius 2 is 2.47 bits per heavy atom. The third kappa shape index (κ3) is 2.87. The molecular weight excluding hydrogens is 214 g/mol. The molecule has 3 atom stereocenters. The molecule has 1 unspecified atom stereocenters. The van der Waals surface area contributed by atoms with E-state index in [0.29, 0.717) is 12.6 Å². The Kier molecular flexibility index (Phi) is 4.18. The lowest BCUT2D eigenvalue weighted by atomic mass is 9.94. The predicted molar refractivity (Wildman–Crippen MR) is 68.8 cm³/mol. The number of hydrogen-bond donors (Lipinski definition) is 2. The molecule has 0 aromatic rings. The SMILES string of the molecule is C=CCNC(=O)C(C)N1C[C@@H]2CCCN[C@@H]2C1. The smallest absolute Gasteiger partial charge is 0.237 e. The number of likely N-dealkylation sites (tertiary alicyclic amines) is 1. The van der Waals surface area contributed by atoms with Gasteiger partial charge in [-0.2, -0.15) is 0 Å². The van der Waals surface area contributed by atoms with Crippen LogP contribution in [0.4, 0.5) is 0 Å². The van der Waals surface area contributed by atoms with E-state index in [0.717, 1.165) is 25.6 Å². The molecule has 2 saturated heterocycles. The van der Waals surface area contributed by atoms with Gasteiger partial charge in [-0.3, -0.25) is 9.69 Å². The maximum atomic E-state index is 11.9. The molecule has 2 rings (SSSR count). The molecule has 4 heteroatoms. The third-order valence-corrected chi connectivity index (χ3v) is 3.98. The molecule has 0 bridgehead atoms. The Morgan fingerprint density at radius 1 is 1.65 bits per heavy atom. The first-order chi connectivity index (χ1) is 8.22. The Hall–Kier alpha value is -0.870. The molecule has 2 N–H and O–H groups in total. The number of carbonyl (C=O) groups is 1. The van der Waals surface area contributed by atoms with Crippen molar-refractivity contribution in [3.05, 3.63) is 12.7 Å². The summed E-state index contributed by atoms with van der Waals surface area (Å²) in [6.07, 6.45) is 4.29. The van der Waals surface area contributed by atoms with Crippen molar-refractivity contribution in [2.45, 2.75) is 31.8 Å². The van der Waals surface area contributed by atoms with Gasteiger partial charge >= 0.3 is 0 Å². The topological polar surface area (TPSA) is 44.4 Å². The van der Waals surface area contributed by atoms with Gasteiger partial charge in [0.15, 0.2) is 0 Å². The van der Waals surface area contributed by atoms with Gasteiger partial charge in [0.2, 0.25) is 5.91 Å². The summed E-state index contributed by atoms with van der Waals surface area (Å²) >= 11 is 0. The maximum Gasteiger partial charge on any atom is 0.237 e. The molecule has 0 aliphatic carbocycles. The summed E-state index contributed by atoms with van der Waals surface area (Å²) in [5.41, 5.74) is 0. The van der Waals surface area contributed by atoms with Crippen LogP contribution in [0.5, 0.6) is 0 Å². The van der Waals surface area contributed by atoms with Crippen LogP contribution in [0.3, 0.4) is 0 Å². The summed E-state index contributed by atoms with van der Waals surface area (Å²) in [6, 6.07) is 0.570. The fraction of sp³-hybridized carbons (Fsp3) is 0.769. The van der Waals surface area contributed by atoms with E-state index >= 15 is 0 Å². The second-order valence-electron chi connectivity index (χ2n) is 5.13. The molecule has 0 aromatic heterocycles. The Balaban J connectivity index is 1.86. The minimum Gasteiger partial charge on any atom is -0.351 e. The van der Waals surface area contributed by atoms with Crippen LogP contribution in [0.15, 0.2) is 12.7 Å². The molecular formula is C13H23N3O. The monoisotopic (exact) mass is 237 g/mol. The van der Waals surface area contributed by atoms with Crippen LogP contribution in [-0.4, -0.2) is 49.1 Å². The lowest BCUT2D eigenvalue weighted by Crippen LogP contribution is -2.45. The summed E-state index contributed by atoms with van der Waals surface area (Å²) in [4.78, 5) is 14.2. The van der Waals surface area contributed by atoms with Crippen molar-refractivity contribution in [3.63, 3.8) is 0 Å². The van der Waals surface area contributed by atoms with Crippen molar-refractivity contribution in [3.8, 4) is 0 Å². The molecule has 0 radical (unpaired) electrons. The number of piperidine rings is 1. The fourth-order valence-corrected chi connectivity index (χ4v) is 2.88. The van der Waals surface area contributed by atoms with Crippen LogP contribution in [0.25, 0.3) is 0 Å². The van der Waals surface area contributed by atoms with Gasteiger partial charge in [0.25, 0.3) is 0 Å². The van der Waals surface area contributed by atoms with E-state index in [1.54, 1.807) is 6.08 Å². The zero-order chi connectivity index (χ0) is 12.3. The van der Waals surface area contributed by atoms with E-state index < -0.39 is 0 Å². The van der Waals surface area contributed by atoms with Crippen molar-refractivity contribution < 1.29 is 4.79 Å². The first-order valence-corrected chi connectivity index (χ1v) is 6.58. The lowest BCUT2D eigenvalue weighted by Gasteiger charge is -2.24. The Labute approximate surface area is 103 Å². The average Bonchev–Trinajstić information content (AvgIpc) is 2.78. The number of rotatable bonds is 4. The number of fused-ring (bicyclic) bond motifs is 1. The molecule has 2 fully saturated rings. The highest BCUT2D eigenvalue weighted by molar-refractivity contribution is 5.81. The van der Waals surface area contributed by atoms with E-state index in [2.05, 4.69) is 22.1 Å². The highest BCUT2D eigenvalue weighted by Crippen LogP contribution is 2.26. The van der Waals surface area contributed by atoms with Gasteiger partial charge in [-0.15, -0.1) is 6.58 Å². The van der Waals surface area contributed by atoms with Gasteiger partial charge in [-0.05, 0) is 32.2 Å². The number of nitrogens with zero attached hydrogens (tertiary/aromatic N) is 1. The largest absolute Gasteiger partial charge is 0.351 e. The van der Waals surface area contributed by atoms with Crippen LogP contribution in [0.2, 0.25) is 0 Å². The van der Waals surface area contributed by atoms with Crippen LogP contribution >= 0.6 is 0 Å². The minimum absolute atomic E-state index is 0.0256. The molecule has 96 valence electrons. The van der Waals surface area contributed by atoms with Gasteiger partial charge in [0, 0.05) is 25.7 Å². The fourth-order valence-electron chi connectivity index (χ4n) is 2.88. The summed E-state index contributed by atoms with van der Waals surface area (Å²) in [7, 11) is 0. The molecule has 17 heavy (non-hydrogen) atoms. The first kappa shape index (κ1) is 12.6. The van der Waals surface area contributed by atoms with E-state index in [4.69, 9.17) is 0 Å². The van der Waals surface area contributed by atoms with Gasteiger partial charge in [0.1, 0.15) is 0 Å². The number of nitrogens with one attached hydrogen (secondary N) is 2. The zero-order valence-electron chi connectivity index (χ0n) is 10.6. The molecule has 2 aliphatic rings. The third-order valence-electron chi connectivity index (χ3n) is 3.98. The Morgan fingerprint density at radius 3 is 3.18 bits per heavy atom. The zero-order valence-corrected chi connectivity index (χ0v) is 10.6. The van der Waals surface area contributed by atoms with E-state index in [1.165, 1.54) is 12.8 Å². The van der Waals surface area contributed by atoms with Crippen LogP contribution in [0.1, 0.15) is 19.8 Å². The van der Waals surface area contributed by atoms with Crippen molar-refractivity contribution in [1.82, 2.24) is 15.5 Å². The van der Waals surface area contributed by atoms with Gasteiger partial charge in [0.05, 0.1) is 6.04 Å². The molecule has 0 spiro atoms. The summed E-state index contributed by atoms with van der Waals surface area (Å²) in [5.74, 6) is 0.849. The van der Waals surface area contributed by atoms with Crippen molar-refractivity contribution in [1.29, 1.82) is 0 Å². The van der Waals surface area contributed by atoms with E-state index in [9.17, 15) is 4.79 Å². The summed E-state index contributed by atoms with van der Waals surface area (Å²) in [5, 5.41) is 6.43. The maximum absolute atomic E-state index is 11.9. The minimum atomic E-state index is -0.0256. The quantitative estimate of drug-likeness (QED) is 0.694. The molecule has 1 amide bonds. The van der Waals surface area contributed by atoms with Gasteiger partial charge < -0.3 is 10.6 Å².